The standard InChI is InChI=1S/C22H20N4O2/c1-3-26-21-19(14-23-26)18(13-20(25-21)15-7-5-4-6-8-15)22(27)24-16-9-11-17(28-2)12-10-16/h4-14H,3H2,1-2H3,(H,24,27). The Hall–Kier alpha value is -3.67. The molecule has 2 heterocycles. The van der Waals surface area contributed by atoms with E-state index in [1.165, 1.54) is 0 Å². The van der Waals surface area contributed by atoms with Crippen molar-refractivity contribution in [3.05, 3.63) is 72.4 Å². The molecule has 0 saturated heterocycles. The summed E-state index contributed by atoms with van der Waals surface area (Å²) in [6.45, 7) is 2.68. The average Bonchev–Trinajstić information content (AvgIpc) is 3.17. The Morgan fingerprint density at radius 3 is 2.54 bits per heavy atom. The molecule has 140 valence electrons. The molecule has 28 heavy (non-hydrogen) atoms. The fourth-order valence-corrected chi connectivity index (χ4v) is 3.10. The number of rotatable bonds is 5. The number of carbonyl (C=O) groups excluding carboxylic acids is 1. The highest BCUT2D eigenvalue weighted by molar-refractivity contribution is 6.12. The molecule has 1 amide bonds. The van der Waals surface area contributed by atoms with Gasteiger partial charge in [0.1, 0.15) is 5.75 Å². The van der Waals surface area contributed by atoms with Crippen molar-refractivity contribution >= 4 is 22.6 Å². The van der Waals surface area contributed by atoms with Crippen LogP contribution in [0.15, 0.2) is 66.9 Å². The zero-order valence-corrected chi connectivity index (χ0v) is 15.7. The number of nitrogens with one attached hydrogen (secondary N) is 1. The van der Waals surface area contributed by atoms with Crippen LogP contribution in [-0.2, 0) is 6.54 Å². The summed E-state index contributed by atoms with van der Waals surface area (Å²) in [6.07, 6.45) is 1.70. The molecule has 0 bridgehead atoms. The van der Waals surface area contributed by atoms with E-state index >= 15 is 0 Å². The van der Waals surface area contributed by atoms with E-state index in [0.29, 0.717) is 23.4 Å². The summed E-state index contributed by atoms with van der Waals surface area (Å²) in [7, 11) is 1.61. The molecule has 2 aromatic heterocycles. The van der Waals surface area contributed by atoms with Gasteiger partial charge in [0.15, 0.2) is 5.65 Å². The van der Waals surface area contributed by atoms with E-state index < -0.39 is 0 Å². The van der Waals surface area contributed by atoms with Crippen LogP contribution in [0.5, 0.6) is 5.75 Å². The number of carbonyl (C=O) groups is 1. The second-order valence-corrected chi connectivity index (χ2v) is 6.30. The number of amides is 1. The van der Waals surface area contributed by atoms with Gasteiger partial charge in [-0.15, -0.1) is 0 Å². The molecule has 1 N–H and O–H groups in total. The first kappa shape index (κ1) is 17.7. The van der Waals surface area contributed by atoms with Crippen LogP contribution in [0, 0.1) is 0 Å². The Bertz CT molecular complexity index is 1120. The van der Waals surface area contributed by atoms with Crippen LogP contribution in [-0.4, -0.2) is 27.8 Å². The Morgan fingerprint density at radius 1 is 1.11 bits per heavy atom. The number of hydrogen-bond acceptors (Lipinski definition) is 4. The molecule has 4 aromatic rings. The monoisotopic (exact) mass is 372 g/mol. The van der Waals surface area contributed by atoms with Crippen molar-refractivity contribution in [2.24, 2.45) is 0 Å². The maximum absolute atomic E-state index is 13.1. The van der Waals surface area contributed by atoms with Crippen molar-refractivity contribution in [2.45, 2.75) is 13.5 Å². The minimum atomic E-state index is -0.203. The maximum Gasteiger partial charge on any atom is 0.256 e. The Kier molecular flexibility index (Phi) is 4.76. The third kappa shape index (κ3) is 3.32. The number of aryl methyl sites for hydroxylation is 1. The summed E-state index contributed by atoms with van der Waals surface area (Å²) in [5.41, 5.74) is 3.62. The summed E-state index contributed by atoms with van der Waals surface area (Å²) >= 11 is 0. The van der Waals surface area contributed by atoms with E-state index in [1.54, 1.807) is 18.0 Å². The van der Waals surface area contributed by atoms with Crippen LogP contribution in [0.3, 0.4) is 0 Å². The fourth-order valence-electron chi connectivity index (χ4n) is 3.10. The van der Waals surface area contributed by atoms with Crippen LogP contribution in [0.25, 0.3) is 22.3 Å². The van der Waals surface area contributed by atoms with Gasteiger partial charge in [-0.2, -0.15) is 5.10 Å². The predicted molar refractivity (Wildman–Crippen MR) is 110 cm³/mol. The minimum Gasteiger partial charge on any atom is -0.497 e. The zero-order valence-electron chi connectivity index (χ0n) is 15.7. The number of methoxy groups -OCH3 is 1. The molecular weight excluding hydrogens is 352 g/mol. The number of hydrogen-bond donors (Lipinski definition) is 1. The number of benzene rings is 2. The van der Waals surface area contributed by atoms with Crippen molar-refractivity contribution in [1.29, 1.82) is 0 Å². The first-order valence-corrected chi connectivity index (χ1v) is 9.07. The summed E-state index contributed by atoms with van der Waals surface area (Å²) < 4.78 is 6.96. The quantitative estimate of drug-likeness (QED) is 0.564. The lowest BCUT2D eigenvalue weighted by molar-refractivity contribution is 0.102. The summed E-state index contributed by atoms with van der Waals surface area (Å²) in [5, 5.41) is 8.06. The van der Waals surface area contributed by atoms with E-state index in [4.69, 9.17) is 9.72 Å². The highest BCUT2D eigenvalue weighted by Gasteiger charge is 2.17. The van der Waals surface area contributed by atoms with E-state index in [-0.39, 0.29) is 5.91 Å². The smallest absolute Gasteiger partial charge is 0.256 e. The lowest BCUT2D eigenvalue weighted by atomic mass is 10.1. The third-order valence-electron chi connectivity index (χ3n) is 4.57. The van der Waals surface area contributed by atoms with E-state index in [9.17, 15) is 4.79 Å². The van der Waals surface area contributed by atoms with Crippen molar-refractivity contribution in [3.8, 4) is 17.0 Å². The number of pyridine rings is 1. The minimum absolute atomic E-state index is 0.203. The van der Waals surface area contributed by atoms with E-state index in [2.05, 4.69) is 10.4 Å². The van der Waals surface area contributed by atoms with Crippen molar-refractivity contribution in [3.63, 3.8) is 0 Å². The number of nitrogens with zero attached hydrogens (tertiary/aromatic N) is 3. The van der Waals surface area contributed by atoms with Gasteiger partial charge in [0.05, 0.1) is 30.0 Å². The van der Waals surface area contributed by atoms with Gasteiger partial charge in [0, 0.05) is 17.8 Å². The largest absolute Gasteiger partial charge is 0.497 e. The van der Waals surface area contributed by atoms with E-state index in [0.717, 1.165) is 22.4 Å². The van der Waals surface area contributed by atoms with Gasteiger partial charge in [-0.05, 0) is 37.3 Å². The first-order chi connectivity index (χ1) is 13.7. The molecule has 0 saturated carbocycles. The highest BCUT2D eigenvalue weighted by Crippen LogP contribution is 2.26. The van der Waals surface area contributed by atoms with Crippen molar-refractivity contribution < 1.29 is 9.53 Å². The van der Waals surface area contributed by atoms with Crippen LogP contribution >= 0.6 is 0 Å². The molecule has 0 aliphatic rings. The Morgan fingerprint density at radius 2 is 1.86 bits per heavy atom. The molecule has 2 aromatic carbocycles. The first-order valence-electron chi connectivity index (χ1n) is 9.07. The van der Waals surface area contributed by atoms with Gasteiger partial charge in [0.2, 0.25) is 0 Å². The zero-order chi connectivity index (χ0) is 19.5. The van der Waals surface area contributed by atoms with Crippen LogP contribution in [0.1, 0.15) is 17.3 Å². The summed E-state index contributed by atoms with van der Waals surface area (Å²) in [6, 6.07) is 18.9. The molecule has 4 rings (SSSR count). The topological polar surface area (TPSA) is 69.0 Å². The molecule has 0 aliphatic heterocycles. The van der Waals surface area contributed by atoms with Crippen molar-refractivity contribution in [2.75, 3.05) is 12.4 Å². The van der Waals surface area contributed by atoms with Gasteiger partial charge in [-0.3, -0.25) is 4.79 Å². The lowest BCUT2D eigenvalue weighted by Crippen LogP contribution is -2.13. The van der Waals surface area contributed by atoms with Crippen LogP contribution < -0.4 is 10.1 Å². The third-order valence-corrected chi connectivity index (χ3v) is 4.57. The Balaban J connectivity index is 1.78. The van der Waals surface area contributed by atoms with Gasteiger partial charge in [-0.25, -0.2) is 9.67 Å². The molecule has 6 nitrogen and oxygen atoms in total. The second kappa shape index (κ2) is 7.52. The molecular formula is C22H20N4O2. The molecule has 0 fully saturated rings. The molecule has 0 spiro atoms. The van der Waals surface area contributed by atoms with Gasteiger partial charge >= 0.3 is 0 Å². The normalized spacial score (nSPS) is 10.8. The van der Waals surface area contributed by atoms with Gasteiger partial charge in [0.25, 0.3) is 5.91 Å². The number of ether oxygens (including phenoxy) is 1. The van der Waals surface area contributed by atoms with Gasteiger partial charge < -0.3 is 10.1 Å². The lowest BCUT2D eigenvalue weighted by Gasteiger charge is -2.10. The highest BCUT2D eigenvalue weighted by atomic mass is 16.5. The van der Waals surface area contributed by atoms with Crippen molar-refractivity contribution in [1.82, 2.24) is 14.8 Å². The van der Waals surface area contributed by atoms with E-state index in [1.807, 2.05) is 67.6 Å². The SMILES string of the molecule is CCn1ncc2c(C(=O)Nc3ccc(OC)cc3)cc(-c3ccccc3)nc21. The number of anilines is 1. The van der Waals surface area contributed by atoms with Crippen LogP contribution in [0.2, 0.25) is 0 Å². The van der Waals surface area contributed by atoms with Crippen LogP contribution in [0.4, 0.5) is 5.69 Å². The van der Waals surface area contributed by atoms with Gasteiger partial charge in [-0.1, -0.05) is 30.3 Å². The molecule has 0 radical (unpaired) electrons. The summed E-state index contributed by atoms with van der Waals surface area (Å²) in [5.74, 6) is 0.533. The second-order valence-electron chi connectivity index (χ2n) is 6.30. The molecule has 6 heteroatoms. The fraction of sp³-hybridized carbons (Fsp3) is 0.136. The molecule has 0 atom stereocenters. The number of fused-ring (bicyclic) bond motifs is 1. The maximum atomic E-state index is 13.1. The molecule has 0 unspecified atom stereocenters. The Labute approximate surface area is 162 Å². The predicted octanol–water partition coefficient (Wildman–Crippen LogP) is 4.38. The summed E-state index contributed by atoms with van der Waals surface area (Å²) in [4.78, 5) is 17.8. The average molecular weight is 372 g/mol. The molecule has 0 aliphatic carbocycles. The number of aromatic nitrogens is 3.